The van der Waals surface area contributed by atoms with Crippen molar-refractivity contribution >= 4 is 6.09 Å². The number of hydrogen-bond acceptors (Lipinski definition) is 3. The predicted octanol–water partition coefficient (Wildman–Crippen LogP) is 2.38. The quantitative estimate of drug-likeness (QED) is 0.846. The molecule has 0 bridgehead atoms. The van der Waals surface area contributed by atoms with Crippen LogP contribution < -0.4 is 0 Å². The van der Waals surface area contributed by atoms with Crippen LogP contribution in [-0.4, -0.2) is 40.9 Å². The molecule has 2 unspecified atom stereocenters. The molecular weight excluding hydrogens is 242 g/mol. The van der Waals surface area contributed by atoms with E-state index < -0.39 is 11.7 Å². The van der Waals surface area contributed by atoms with Gasteiger partial charge < -0.3 is 14.7 Å². The van der Waals surface area contributed by atoms with Crippen molar-refractivity contribution in [3.8, 4) is 0 Å². The van der Waals surface area contributed by atoms with Crippen molar-refractivity contribution in [1.29, 1.82) is 0 Å². The monoisotopic (exact) mass is 263 g/mol. The maximum Gasteiger partial charge on any atom is 0.410 e. The molecular formula is C15H21NO3. The molecule has 1 aromatic carbocycles. The summed E-state index contributed by atoms with van der Waals surface area (Å²) in [6, 6.07) is 9.78. The number of ether oxygens (including phenoxy) is 1. The highest BCUT2D eigenvalue weighted by atomic mass is 16.6. The van der Waals surface area contributed by atoms with Gasteiger partial charge in [0.15, 0.2) is 0 Å². The fraction of sp³-hybridized carbons (Fsp3) is 0.533. The van der Waals surface area contributed by atoms with Gasteiger partial charge in [-0.25, -0.2) is 4.79 Å². The van der Waals surface area contributed by atoms with Crippen LogP contribution in [0, 0.1) is 0 Å². The molecule has 1 aromatic rings. The van der Waals surface area contributed by atoms with E-state index in [-0.39, 0.29) is 12.0 Å². The average molecular weight is 263 g/mol. The van der Waals surface area contributed by atoms with Gasteiger partial charge in [0.25, 0.3) is 0 Å². The fourth-order valence-electron chi connectivity index (χ4n) is 2.29. The maximum atomic E-state index is 12.0. The second-order valence-electron chi connectivity index (χ2n) is 5.97. The van der Waals surface area contributed by atoms with E-state index in [1.165, 1.54) is 0 Å². The van der Waals surface area contributed by atoms with Crippen molar-refractivity contribution in [1.82, 2.24) is 4.90 Å². The van der Waals surface area contributed by atoms with Crippen molar-refractivity contribution in [3.05, 3.63) is 35.9 Å². The Morgan fingerprint density at radius 1 is 1.26 bits per heavy atom. The summed E-state index contributed by atoms with van der Waals surface area (Å²) in [5, 5.41) is 10.1. The molecule has 1 aliphatic rings. The number of carbonyl (C=O) groups is 1. The van der Waals surface area contributed by atoms with Crippen LogP contribution in [0.3, 0.4) is 0 Å². The van der Waals surface area contributed by atoms with Crippen LogP contribution in [0.4, 0.5) is 4.79 Å². The van der Waals surface area contributed by atoms with Gasteiger partial charge in [0.2, 0.25) is 0 Å². The molecule has 2 atom stereocenters. The van der Waals surface area contributed by atoms with Gasteiger partial charge in [0.1, 0.15) is 5.60 Å². The molecule has 0 spiro atoms. The van der Waals surface area contributed by atoms with E-state index in [1.54, 1.807) is 4.90 Å². The van der Waals surface area contributed by atoms with E-state index in [0.29, 0.717) is 13.1 Å². The van der Waals surface area contributed by atoms with E-state index in [9.17, 15) is 9.90 Å². The molecule has 0 radical (unpaired) electrons. The van der Waals surface area contributed by atoms with Gasteiger partial charge in [-0.05, 0) is 26.3 Å². The number of amides is 1. The van der Waals surface area contributed by atoms with Gasteiger partial charge in [-0.1, -0.05) is 30.3 Å². The lowest BCUT2D eigenvalue weighted by Gasteiger charge is -2.24. The van der Waals surface area contributed by atoms with Crippen LogP contribution in [0.5, 0.6) is 0 Å². The number of aliphatic hydroxyl groups is 1. The van der Waals surface area contributed by atoms with Crippen LogP contribution in [0.15, 0.2) is 30.3 Å². The highest BCUT2D eigenvalue weighted by Crippen LogP contribution is 2.28. The standard InChI is InChI=1S/C15H21NO3/c1-15(2,3)19-14(18)16-9-12(13(17)10-16)11-7-5-4-6-8-11/h4-8,12-13,17H,9-10H2,1-3H3. The smallest absolute Gasteiger partial charge is 0.410 e. The third-order valence-corrected chi connectivity index (χ3v) is 3.17. The van der Waals surface area contributed by atoms with E-state index >= 15 is 0 Å². The molecule has 2 rings (SSSR count). The molecule has 1 saturated heterocycles. The Kier molecular flexibility index (Phi) is 3.80. The minimum absolute atomic E-state index is 0.0336. The zero-order chi connectivity index (χ0) is 14.0. The zero-order valence-corrected chi connectivity index (χ0v) is 11.7. The Bertz CT molecular complexity index is 438. The van der Waals surface area contributed by atoms with Gasteiger partial charge in [-0.3, -0.25) is 0 Å². The van der Waals surface area contributed by atoms with Gasteiger partial charge in [0, 0.05) is 12.5 Å². The van der Waals surface area contributed by atoms with E-state index in [0.717, 1.165) is 5.56 Å². The number of β-amino-alcohol motifs (C(OH)–C–C–N with tert-alkyl or cyclic N) is 1. The molecule has 1 amide bonds. The fourth-order valence-corrected chi connectivity index (χ4v) is 2.29. The molecule has 0 saturated carbocycles. The normalized spacial score (nSPS) is 23.5. The summed E-state index contributed by atoms with van der Waals surface area (Å²) in [6.45, 7) is 6.35. The van der Waals surface area contributed by atoms with Gasteiger partial charge in [0.05, 0.1) is 12.6 Å². The van der Waals surface area contributed by atoms with E-state index in [2.05, 4.69) is 0 Å². The molecule has 4 nitrogen and oxygen atoms in total. The largest absolute Gasteiger partial charge is 0.444 e. The first-order valence-corrected chi connectivity index (χ1v) is 6.58. The predicted molar refractivity (Wildman–Crippen MR) is 73.0 cm³/mol. The zero-order valence-electron chi connectivity index (χ0n) is 11.7. The average Bonchev–Trinajstić information content (AvgIpc) is 2.70. The minimum Gasteiger partial charge on any atom is -0.444 e. The maximum absolute atomic E-state index is 12.0. The van der Waals surface area contributed by atoms with Crippen LogP contribution in [0.1, 0.15) is 32.3 Å². The number of hydrogen-bond donors (Lipinski definition) is 1. The number of nitrogens with zero attached hydrogens (tertiary/aromatic N) is 1. The lowest BCUT2D eigenvalue weighted by Crippen LogP contribution is -2.35. The number of aliphatic hydroxyl groups excluding tert-OH is 1. The van der Waals surface area contributed by atoms with Crippen LogP contribution in [0.2, 0.25) is 0 Å². The van der Waals surface area contributed by atoms with Gasteiger partial charge in [-0.2, -0.15) is 0 Å². The molecule has 1 aliphatic heterocycles. The molecule has 1 N–H and O–H groups in total. The van der Waals surface area contributed by atoms with E-state index in [1.807, 2.05) is 51.1 Å². The number of rotatable bonds is 1. The molecule has 1 fully saturated rings. The Balaban J connectivity index is 2.04. The molecule has 104 valence electrons. The molecule has 0 aliphatic carbocycles. The first-order chi connectivity index (χ1) is 8.87. The second-order valence-corrected chi connectivity index (χ2v) is 5.97. The summed E-state index contributed by atoms with van der Waals surface area (Å²) in [6.07, 6.45) is -0.889. The first-order valence-electron chi connectivity index (χ1n) is 6.58. The molecule has 1 heterocycles. The molecule has 4 heteroatoms. The Hall–Kier alpha value is -1.55. The number of benzene rings is 1. The number of likely N-dealkylation sites (tertiary alicyclic amines) is 1. The van der Waals surface area contributed by atoms with Crippen LogP contribution >= 0.6 is 0 Å². The topological polar surface area (TPSA) is 49.8 Å². The summed E-state index contributed by atoms with van der Waals surface area (Å²) in [5.74, 6) is -0.0336. The van der Waals surface area contributed by atoms with Crippen molar-refractivity contribution in [2.24, 2.45) is 0 Å². The third kappa shape index (κ3) is 3.47. The number of carbonyl (C=O) groups excluding carboxylic acids is 1. The second kappa shape index (κ2) is 5.21. The van der Waals surface area contributed by atoms with Crippen molar-refractivity contribution in [2.45, 2.75) is 38.4 Å². The Morgan fingerprint density at radius 2 is 1.89 bits per heavy atom. The van der Waals surface area contributed by atoms with Crippen LogP contribution in [0.25, 0.3) is 0 Å². The summed E-state index contributed by atoms with van der Waals surface area (Å²) in [5.41, 5.74) is 0.549. The summed E-state index contributed by atoms with van der Waals surface area (Å²) in [7, 11) is 0. The summed E-state index contributed by atoms with van der Waals surface area (Å²) in [4.78, 5) is 13.6. The molecule has 0 aromatic heterocycles. The van der Waals surface area contributed by atoms with Crippen molar-refractivity contribution in [2.75, 3.05) is 13.1 Å². The van der Waals surface area contributed by atoms with Crippen LogP contribution in [-0.2, 0) is 4.74 Å². The minimum atomic E-state index is -0.532. The lowest BCUT2D eigenvalue weighted by atomic mass is 9.96. The van der Waals surface area contributed by atoms with E-state index in [4.69, 9.17) is 4.74 Å². The lowest BCUT2D eigenvalue weighted by molar-refractivity contribution is 0.0270. The van der Waals surface area contributed by atoms with Gasteiger partial charge >= 0.3 is 6.09 Å². The Labute approximate surface area is 114 Å². The SMILES string of the molecule is CC(C)(C)OC(=O)N1CC(O)C(c2ccccc2)C1. The highest BCUT2D eigenvalue weighted by Gasteiger charge is 2.36. The van der Waals surface area contributed by atoms with Crippen molar-refractivity contribution < 1.29 is 14.6 Å². The highest BCUT2D eigenvalue weighted by molar-refractivity contribution is 5.68. The Morgan fingerprint density at radius 3 is 2.47 bits per heavy atom. The first kappa shape index (κ1) is 13.9. The van der Waals surface area contributed by atoms with Gasteiger partial charge in [-0.15, -0.1) is 0 Å². The van der Waals surface area contributed by atoms with Crippen molar-refractivity contribution in [3.63, 3.8) is 0 Å². The third-order valence-electron chi connectivity index (χ3n) is 3.17. The summed E-state index contributed by atoms with van der Waals surface area (Å²) < 4.78 is 5.33. The summed E-state index contributed by atoms with van der Waals surface area (Å²) >= 11 is 0. The molecule has 19 heavy (non-hydrogen) atoms.